The summed E-state index contributed by atoms with van der Waals surface area (Å²) in [4.78, 5) is 12.6. The molecular weight excluding hydrogens is 366 g/mol. The lowest BCUT2D eigenvalue weighted by molar-refractivity contribution is 0.102. The van der Waals surface area contributed by atoms with Crippen LogP contribution >= 0.6 is 15.9 Å². The second kappa shape index (κ2) is 7.45. The Morgan fingerprint density at radius 2 is 1.70 bits per heavy atom. The fourth-order valence-electron chi connectivity index (χ4n) is 2.90. The van der Waals surface area contributed by atoms with Gasteiger partial charge in [-0.3, -0.25) is 4.79 Å². The summed E-state index contributed by atoms with van der Waals surface area (Å²) in [6.45, 7) is 9.39. The molecule has 0 radical (unpaired) electrons. The zero-order valence-corrected chi connectivity index (χ0v) is 16.8. The van der Waals surface area contributed by atoms with Gasteiger partial charge >= 0.3 is 0 Å². The van der Waals surface area contributed by atoms with E-state index in [-0.39, 0.29) is 5.91 Å². The van der Waals surface area contributed by atoms with Crippen LogP contribution in [0.25, 0.3) is 0 Å². The Hall–Kier alpha value is -1.39. The lowest BCUT2D eigenvalue weighted by Gasteiger charge is -2.32. The van der Waals surface area contributed by atoms with E-state index in [0.29, 0.717) is 11.5 Å². The number of para-hydroxylation sites is 1. The van der Waals surface area contributed by atoms with E-state index in [4.69, 9.17) is 0 Å². The molecule has 0 spiro atoms. The van der Waals surface area contributed by atoms with E-state index >= 15 is 0 Å². The summed E-state index contributed by atoms with van der Waals surface area (Å²) in [6.07, 6.45) is 0. The van der Waals surface area contributed by atoms with Gasteiger partial charge in [-0.05, 0) is 45.6 Å². The monoisotopic (exact) mass is 389 g/mol. The Morgan fingerprint density at radius 3 is 2.35 bits per heavy atom. The van der Waals surface area contributed by atoms with Crippen LogP contribution in [-0.4, -0.2) is 14.0 Å². The molecule has 2 aromatic carbocycles. The van der Waals surface area contributed by atoms with Crippen LogP contribution in [-0.2, 0) is 0 Å². The fraction of sp³-hybridized carbons (Fsp3) is 0.316. The largest absolute Gasteiger partial charge is 0.322 e. The number of carbonyl (C=O) groups is 1. The van der Waals surface area contributed by atoms with E-state index in [1.807, 2.05) is 42.5 Å². The van der Waals surface area contributed by atoms with E-state index < -0.39 is 8.07 Å². The van der Waals surface area contributed by atoms with Crippen LogP contribution in [0.5, 0.6) is 0 Å². The van der Waals surface area contributed by atoms with Crippen molar-refractivity contribution in [3.8, 4) is 0 Å². The average molecular weight is 390 g/mol. The number of nitrogens with one attached hydrogen (secondary N) is 1. The van der Waals surface area contributed by atoms with Gasteiger partial charge in [0, 0.05) is 10.2 Å². The van der Waals surface area contributed by atoms with Gasteiger partial charge in [0.05, 0.1) is 5.56 Å². The van der Waals surface area contributed by atoms with Crippen LogP contribution < -0.4 is 5.32 Å². The van der Waals surface area contributed by atoms with Crippen molar-refractivity contribution in [2.75, 3.05) is 5.32 Å². The number of carbonyl (C=O) groups excluding carboxylic acids is 1. The van der Waals surface area contributed by atoms with Crippen LogP contribution in [0, 0.1) is 0 Å². The lowest BCUT2D eigenvalue weighted by atomic mass is 10.0. The molecule has 0 heterocycles. The molecule has 0 fully saturated rings. The van der Waals surface area contributed by atoms with Gasteiger partial charge in [-0.25, -0.2) is 0 Å². The van der Waals surface area contributed by atoms with Crippen molar-refractivity contribution >= 4 is 35.6 Å². The molecule has 0 saturated carbocycles. The van der Waals surface area contributed by atoms with E-state index in [2.05, 4.69) is 53.9 Å². The summed E-state index contributed by atoms with van der Waals surface area (Å²) in [5.41, 5.74) is 2.79. The van der Waals surface area contributed by atoms with Gasteiger partial charge in [-0.15, -0.1) is 8.07 Å². The fourth-order valence-corrected chi connectivity index (χ4v) is 5.43. The Balaban J connectivity index is 2.24. The molecule has 23 heavy (non-hydrogen) atoms. The van der Waals surface area contributed by atoms with Crippen molar-refractivity contribution in [3.63, 3.8) is 0 Å². The Labute approximate surface area is 148 Å². The number of rotatable bonds is 5. The number of benzene rings is 2. The van der Waals surface area contributed by atoms with Crippen molar-refractivity contribution in [1.82, 2.24) is 0 Å². The number of hydrogen-bond donors (Lipinski definition) is 1. The number of amides is 1. The van der Waals surface area contributed by atoms with Gasteiger partial charge in [0.1, 0.15) is 0 Å². The molecule has 0 bridgehead atoms. The molecule has 2 rings (SSSR count). The normalized spacial score (nSPS) is 12.7. The van der Waals surface area contributed by atoms with Gasteiger partial charge in [-0.1, -0.05) is 37.3 Å². The molecule has 1 N–H and O–H groups in total. The third-order valence-electron chi connectivity index (χ3n) is 3.78. The Kier molecular flexibility index (Phi) is 5.82. The van der Waals surface area contributed by atoms with Crippen LogP contribution in [0.2, 0.25) is 25.7 Å². The summed E-state index contributed by atoms with van der Waals surface area (Å²) in [6, 6.07) is 16.8. The minimum Gasteiger partial charge on any atom is -0.322 e. The highest BCUT2D eigenvalue weighted by molar-refractivity contribution is 9.10. The topological polar surface area (TPSA) is 29.1 Å². The molecule has 0 aromatic heterocycles. The maximum atomic E-state index is 12.6. The van der Waals surface area contributed by atoms with Crippen molar-refractivity contribution in [2.45, 2.75) is 38.5 Å². The van der Waals surface area contributed by atoms with Crippen LogP contribution in [0.15, 0.2) is 53.0 Å². The molecular formula is C19H24BrNOSi-. The SMILES string of the molecule is CC(C[Si-](C)(C)C)c1ccccc1NC(=O)c1ccccc1Br. The standard InChI is InChI=1S/C19H24BrNOSi/c1-14(13-23(2,3)4)15-9-6-8-12-18(15)21-19(22)16-10-5-7-11-17(16)20/h5-12,14H,13H2,1-4H3,(H,21,22)/q-1. The molecule has 0 aliphatic rings. The first kappa shape index (κ1) is 18.0. The van der Waals surface area contributed by atoms with Crippen LogP contribution in [0.4, 0.5) is 5.69 Å². The molecule has 1 unspecified atom stereocenters. The highest BCUT2D eigenvalue weighted by Crippen LogP contribution is 2.31. The first-order chi connectivity index (χ1) is 10.8. The molecule has 0 aliphatic heterocycles. The molecule has 1 atom stereocenters. The zero-order chi connectivity index (χ0) is 17.0. The first-order valence-electron chi connectivity index (χ1n) is 7.93. The molecule has 0 aliphatic carbocycles. The number of halogens is 1. The van der Waals surface area contributed by atoms with Crippen molar-refractivity contribution in [2.24, 2.45) is 0 Å². The lowest BCUT2D eigenvalue weighted by Crippen LogP contribution is -2.22. The van der Waals surface area contributed by atoms with Crippen molar-refractivity contribution in [1.29, 1.82) is 0 Å². The minimum atomic E-state index is -1.16. The molecule has 1 amide bonds. The summed E-state index contributed by atoms with van der Waals surface area (Å²) in [5, 5.41) is 3.08. The van der Waals surface area contributed by atoms with Gasteiger partial charge in [-0.2, -0.15) is 25.7 Å². The van der Waals surface area contributed by atoms with Crippen molar-refractivity contribution in [3.05, 3.63) is 64.1 Å². The number of hydrogen-bond acceptors (Lipinski definition) is 1. The van der Waals surface area contributed by atoms with Gasteiger partial charge < -0.3 is 5.32 Å². The maximum absolute atomic E-state index is 12.6. The Bertz CT molecular complexity index is 694. The molecule has 123 valence electrons. The van der Waals surface area contributed by atoms with Crippen LogP contribution in [0.3, 0.4) is 0 Å². The van der Waals surface area contributed by atoms with Gasteiger partial charge in [0.2, 0.25) is 0 Å². The van der Waals surface area contributed by atoms with E-state index in [0.717, 1.165) is 10.2 Å². The van der Waals surface area contributed by atoms with Gasteiger partial charge in [0.15, 0.2) is 0 Å². The van der Waals surface area contributed by atoms with Crippen LogP contribution in [0.1, 0.15) is 28.8 Å². The van der Waals surface area contributed by atoms with E-state index in [1.54, 1.807) is 0 Å². The zero-order valence-electron chi connectivity index (χ0n) is 14.2. The summed E-state index contributed by atoms with van der Waals surface area (Å²) < 4.78 is 0.810. The molecule has 2 aromatic rings. The number of anilines is 1. The second-order valence-corrected chi connectivity index (χ2v) is 13.6. The maximum Gasteiger partial charge on any atom is 0.256 e. The third-order valence-corrected chi connectivity index (χ3v) is 6.31. The highest BCUT2D eigenvalue weighted by atomic mass is 79.9. The van der Waals surface area contributed by atoms with E-state index in [1.165, 1.54) is 11.6 Å². The third kappa shape index (κ3) is 5.04. The summed E-state index contributed by atoms with van der Waals surface area (Å²) >= 11 is 3.44. The molecule has 0 saturated heterocycles. The van der Waals surface area contributed by atoms with E-state index in [9.17, 15) is 4.79 Å². The smallest absolute Gasteiger partial charge is 0.256 e. The second-order valence-electron chi connectivity index (χ2n) is 7.19. The Morgan fingerprint density at radius 1 is 1.09 bits per heavy atom. The quantitative estimate of drug-likeness (QED) is 0.610. The van der Waals surface area contributed by atoms with Gasteiger partial charge in [0.25, 0.3) is 5.91 Å². The highest BCUT2D eigenvalue weighted by Gasteiger charge is 2.16. The van der Waals surface area contributed by atoms with Crippen molar-refractivity contribution < 1.29 is 4.79 Å². The summed E-state index contributed by atoms with van der Waals surface area (Å²) in [7, 11) is -1.16. The predicted octanol–water partition coefficient (Wildman–Crippen LogP) is 6.14. The first-order valence-corrected chi connectivity index (χ1v) is 12.4. The molecule has 2 nitrogen and oxygen atoms in total. The summed E-state index contributed by atoms with van der Waals surface area (Å²) in [5.74, 6) is 0.363. The average Bonchev–Trinajstić information content (AvgIpc) is 2.46. The minimum absolute atomic E-state index is 0.0786. The molecule has 4 heteroatoms. The predicted molar refractivity (Wildman–Crippen MR) is 105 cm³/mol.